The fourth-order valence-corrected chi connectivity index (χ4v) is 1.10. The summed E-state index contributed by atoms with van der Waals surface area (Å²) < 4.78 is 0. The molecule has 0 fully saturated rings. The molecule has 0 radical (unpaired) electrons. The lowest BCUT2D eigenvalue weighted by Crippen LogP contribution is -2.21. The maximum Gasteiger partial charge on any atom is 0.101 e. The predicted molar refractivity (Wildman–Crippen MR) is 56.0 cm³/mol. The molecule has 74 valence electrons. The molecular formula is C10H14N4. The summed E-state index contributed by atoms with van der Waals surface area (Å²) in [5.74, 6) is 0. The summed E-state index contributed by atoms with van der Waals surface area (Å²) in [4.78, 5) is 3.96. The highest BCUT2D eigenvalue weighted by Crippen LogP contribution is 2.10. The smallest absolute Gasteiger partial charge is 0.101 e. The van der Waals surface area contributed by atoms with Gasteiger partial charge in [-0.15, -0.1) is 0 Å². The second-order valence-corrected chi connectivity index (χ2v) is 2.81. The van der Waals surface area contributed by atoms with Crippen molar-refractivity contribution in [1.29, 1.82) is 5.26 Å². The molecule has 0 aliphatic rings. The van der Waals surface area contributed by atoms with Crippen LogP contribution in [0.1, 0.15) is 12.5 Å². The van der Waals surface area contributed by atoms with Crippen LogP contribution in [0.3, 0.4) is 0 Å². The van der Waals surface area contributed by atoms with Gasteiger partial charge in [0.15, 0.2) is 0 Å². The Morgan fingerprint density at radius 2 is 2.36 bits per heavy atom. The van der Waals surface area contributed by atoms with Gasteiger partial charge in [-0.05, 0) is 12.6 Å². The van der Waals surface area contributed by atoms with Gasteiger partial charge in [-0.25, -0.2) is 0 Å². The molecule has 0 aliphatic heterocycles. The standard InChI is InChI=1S/C10H14N4/c1-2-12-5-6-14-10-8-13-4-3-9(10)7-11/h3-4,8,12,14H,2,5-6H2,1H3. The van der Waals surface area contributed by atoms with Gasteiger partial charge in [0.05, 0.1) is 17.4 Å². The highest BCUT2D eigenvalue weighted by atomic mass is 14.9. The lowest BCUT2D eigenvalue weighted by atomic mass is 10.2. The number of nitrogens with zero attached hydrogens (tertiary/aromatic N) is 2. The quantitative estimate of drug-likeness (QED) is 0.679. The Labute approximate surface area is 84.0 Å². The van der Waals surface area contributed by atoms with Crippen LogP contribution in [0.4, 0.5) is 5.69 Å². The van der Waals surface area contributed by atoms with Crippen LogP contribution in [-0.2, 0) is 0 Å². The molecule has 0 atom stereocenters. The lowest BCUT2D eigenvalue weighted by molar-refractivity contribution is 0.739. The molecule has 0 spiro atoms. The Morgan fingerprint density at radius 1 is 1.50 bits per heavy atom. The Balaban J connectivity index is 2.46. The molecule has 14 heavy (non-hydrogen) atoms. The first-order valence-corrected chi connectivity index (χ1v) is 4.67. The zero-order valence-corrected chi connectivity index (χ0v) is 8.25. The van der Waals surface area contributed by atoms with E-state index in [0.717, 1.165) is 25.3 Å². The molecule has 4 nitrogen and oxygen atoms in total. The first-order valence-electron chi connectivity index (χ1n) is 4.67. The number of hydrogen-bond acceptors (Lipinski definition) is 4. The molecule has 0 saturated carbocycles. The van der Waals surface area contributed by atoms with E-state index in [4.69, 9.17) is 5.26 Å². The molecule has 1 aromatic rings. The van der Waals surface area contributed by atoms with Gasteiger partial charge in [-0.3, -0.25) is 4.98 Å². The van der Waals surface area contributed by atoms with E-state index in [1.807, 2.05) is 0 Å². The molecular weight excluding hydrogens is 176 g/mol. The molecule has 4 heteroatoms. The van der Waals surface area contributed by atoms with Crippen LogP contribution in [0, 0.1) is 11.3 Å². The minimum Gasteiger partial charge on any atom is -0.381 e. The maximum atomic E-state index is 8.79. The van der Waals surface area contributed by atoms with Crippen molar-refractivity contribution >= 4 is 5.69 Å². The van der Waals surface area contributed by atoms with Gasteiger partial charge in [0, 0.05) is 19.3 Å². The van der Waals surface area contributed by atoms with Gasteiger partial charge in [-0.2, -0.15) is 5.26 Å². The van der Waals surface area contributed by atoms with Gasteiger partial charge in [-0.1, -0.05) is 6.92 Å². The van der Waals surface area contributed by atoms with Crippen LogP contribution >= 0.6 is 0 Å². The molecule has 0 aliphatic carbocycles. The van der Waals surface area contributed by atoms with Crippen molar-refractivity contribution in [3.8, 4) is 6.07 Å². The van der Waals surface area contributed by atoms with Crippen molar-refractivity contribution < 1.29 is 0 Å². The van der Waals surface area contributed by atoms with Gasteiger partial charge in [0.1, 0.15) is 6.07 Å². The molecule has 1 rings (SSSR count). The lowest BCUT2D eigenvalue weighted by Gasteiger charge is -2.06. The number of anilines is 1. The molecule has 0 aromatic carbocycles. The number of hydrogen-bond donors (Lipinski definition) is 2. The van der Waals surface area contributed by atoms with Crippen LogP contribution in [0.5, 0.6) is 0 Å². The molecule has 1 aromatic heterocycles. The molecule has 1 heterocycles. The van der Waals surface area contributed by atoms with Gasteiger partial charge < -0.3 is 10.6 Å². The van der Waals surface area contributed by atoms with E-state index in [-0.39, 0.29) is 0 Å². The highest BCUT2D eigenvalue weighted by Gasteiger charge is 1.98. The Bertz CT molecular complexity index is 316. The topological polar surface area (TPSA) is 60.7 Å². The minimum absolute atomic E-state index is 0.636. The summed E-state index contributed by atoms with van der Waals surface area (Å²) >= 11 is 0. The van der Waals surface area contributed by atoms with Crippen LogP contribution in [0.2, 0.25) is 0 Å². The van der Waals surface area contributed by atoms with Crippen LogP contribution in [0.25, 0.3) is 0 Å². The van der Waals surface area contributed by atoms with Crippen LogP contribution < -0.4 is 10.6 Å². The van der Waals surface area contributed by atoms with Crippen LogP contribution in [0.15, 0.2) is 18.5 Å². The third-order valence-corrected chi connectivity index (χ3v) is 1.81. The maximum absolute atomic E-state index is 8.79. The number of nitriles is 1. The minimum atomic E-state index is 0.636. The third kappa shape index (κ3) is 3.04. The second kappa shape index (κ2) is 5.95. The van der Waals surface area contributed by atoms with E-state index in [0.29, 0.717) is 5.56 Å². The number of rotatable bonds is 5. The Kier molecular flexibility index (Phi) is 4.45. The predicted octanol–water partition coefficient (Wildman–Crippen LogP) is 0.975. The second-order valence-electron chi connectivity index (χ2n) is 2.81. The fourth-order valence-electron chi connectivity index (χ4n) is 1.10. The van der Waals surface area contributed by atoms with Gasteiger partial charge >= 0.3 is 0 Å². The number of likely N-dealkylation sites (N-methyl/N-ethyl adjacent to an activating group) is 1. The van der Waals surface area contributed by atoms with E-state index < -0.39 is 0 Å². The zero-order valence-electron chi connectivity index (χ0n) is 8.25. The van der Waals surface area contributed by atoms with E-state index in [1.165, 1.54) is 0 Å². The van der Waals surface area contributed by atoms with Crippen molar-refractivity contribution in [3.63, 3.8) is 0 Å². The van der Waals surface area contributed by atoms with Crippen molar-refractivity contribution in [2.75, 3.05) is 25.0 Å². The summed E-state index contributed by atoms with van der Waals surface area (Å²) in [6.45, 7) is 4.70. The van der Waals surface area contributed by atoms with E-state index in [9.17, 15) is 0 Å². The summed E-state index contributed by atoms with van der Waals surface area (Å²) in [7, 11) is 0. The summed E-state index contributed by atoms with van der Waals surface area (Å²) in [5, 5.41) is 15.1. The highest BCUT2D eigenvalue weighted by molar-refractivity contribution is 5.55. The summed E-state index contributed by atoms with van der Waals surface area (Å²) in [6.07, 6.45) is 3.29. The Morgan fingerprint density at radius 3 is 3.07 bits per heavy atom. The fraction of sp³-hybridized carbons (Fsp3) is 0.400. The average Bonchev–Trinajstić information content (AvgIpc) is 2.25. The van der Waals surface area contributed by atoms with Crippen molar-refractivity contribution in [2.24, 2.45) is 0 Å². The van der Waals surface area contributed by atoms with E-state index in [1.54, 1.807) is 18.5 Å². The first-order chi connectivity index (χ1) is 6.88. The van der Waals surface area contributed by atoms with Gasteiger partial charge in [0.25, 0.3) is 0 Å². The Hall–Kier alpha value is -1.60. The molecule has 0 amide bonds. The average molecular weight is 190 g/mol. The molecule has 2 N–H and O–H groups in total. The molecule has 0 unspecified atom stereocenters. The zero-order chi connectivity index (χ0) is 10.2. The van der Waals surface area contributed by atoms with E-state index in [2.05, 4.69) is 28.6 Å². The summed E-state index contributed by atoms with van der Waals surface area (Å²) in [6, 6.07) is 3.82. The van der Waals surface area contributed by atoms with Crippen molar-refractivity contribution in [2.45, 2.75) is 6.92 Å². The van der Waals surface area contributed by atoms with Crippen molar-refractivity contribution in [3.05, 3.63) is 24.0 Å². The normalized spacial score (nSPS) is 9.43. The third-order valence-electron chi connectivity index (χ3n) is 1.81. The summed E-state index contributed by atoms with van der Waals surface area (Å²) in [5.41, 5.74) is 1.43. The number of pyridine rings is 1. The number of aromatic nitrogens is 1. The van der Waals surface area contributed by atoms with Crippen molar-refractivity contribution in [1.82, 2.24) is 10.3 Å². The first kappa shape index (κ1) is 10.5. The van der Waals surface area contributed by atoms with Crippen LogP contribution in [-0.4, -0.2) is 24.6 Å². The molecule has 0 saturated heterocycles. The SMILES string of the molecule is CCNCCNc1cnccc1C#N. The van der Waals surface area contributed by atoms with Gasteiger partial charge in [0.2, 0.25) is 0 Å². The van der Waals surface area contributed by atoms with E-state index >= 15 is 0 Å². The molecule has 0 bridgehead atoms. The number of nitrogens with one attached hydrogen (secondary N) is 2. The monoisotopic (exact) mass is 190 g/mol. The largest absolute Gasteiger partial charge is 0.381 e.